The molecule has 2 aromatic rings. The average Bonchev–Trinajstić information content (AvgIpc) is 3.27. The molecule has 1 fully saturated rings. The number of amides is 2. The maximum Gasteiger partial charge on any atom is 0.313 e. The number of sulfonamides is 1. The molecule has 0 radical (unpaired) electrons. The first-order chi connectivity index (χ1) is 14.3. The Kier molecular flexibility index (Phi) is 7.27. The molecule has 2 amide bonds. The zero-order valence-electron chi connectivity index (χ0n) is 17.2. The highest BCUT2D eigenvalue weighted by Gasteiger charge is 2.33. The molecule has 1 unspecified atom stereocenters. The number of aryl methyl sites for hydroxylation is 2. The minimum absolute atomic E-state index is 0.187. The van der Waals surface area contributed by atoms with Gasteiger partial charge >= 0.3 is 11.8 Å². The lowest BCUT2D eigenvalue weighted by Crippen LogP contribution is -2.45. The molecule has 0 saturated carbocycles. The summed E-state index contributed by atoms with van der Waals surface area (Å²) in [7, 11) is -3.52. The van der Waals surface area contributed by atoms with Crippen molar-refractivity contribution in [3.63, 3.8) is 0 Å². The van der Waals surface area contributed by atoms with E-state index in [0.717, 1.165) is 30.4 Å². The van der Waals surface area contributed by atoms with Gasteiger partial charge in [0.1, 0.15) is 4.21 Å². The quantitative estimate of drug-likeness (QED) is 0.663. The van der Waals surface area contributed by atoms with E-state index in [4.69, 9.17) is 0 Å². The van der Waals surface area contributed by atoms with Gasteiger partial charge in [0.2, 0.25) is 0 Å². The van der Waals surface area contributed by atoms with Crippen LogP contribution in [0, 0.1) is 13.8 Å². The standard InChI is InChI=1S/C21H27N3O4S2/c1-15-8-9-16(2)18(14-15)23-21(26)20(25)22-11-10-17-6-3-4-12-24(17)30(27,28)19-7-5-13-29-19/h5,7-9,13-14,17H,3-4,6,10-12H2,1-2H3,(H,22,25)(H,23,26). The van der Waals surface area contributed by atoms with Crippen molar-refractivity contribution in [1.29, 1.82) is 0 Å². The third-order valence-electron chi connectivity index (χ3n) is 5.24. The highest BCUT2D eigenvalue weighted by atomic mass is 32.2. The zero-order valence-corrected chi connectivity index (χ0v) is 18.8. The SMILES string of the molecule is Cc1ccc(C)c(NC(=O)C(=O)NCCC2CCCCN2S(=O)(=O)c2cccs2)c1. The maximum absolute atomic E-state index is 12.9. The number of nitrogens with zero attached hydrogens (tertiary/aromatic N) is 1. The van der Waals surface area contributed by atoms with Crippen LogP contribution in [0.1, 0.15) is 36.8 Å². The van der Waals surface area contributed by atoms with Crippen molar-refractivity contribution >= 4 is 38.9 Å². The van der Waals surface area contributed by atoms with Gasteiger partial charge in [-0.2, -0.15) is 4.31 Å². The van der Waals surface area contributed by atoms with Crippen LogP contribution >= 0.6 is 11.3 Å². The van der Waals surface area contributed by atoms with Crippen molar-refractivity contribution in [3.8, 4) is 0 Å². The summed E-state index contributed by atoms with van der Waals surface area (Å²) in [5.41, 5.74) is 2.47. The molecule has 1 atom stereocenters. The largest absolute Gasteiger partial charge is 0.348 e. The number of thiophene rings is 1. The predicted molar refractivity (Wildman–Crippen MR) is 118 cm³/mol. The lowest BCUT2D eigenvalue weighted by molar-refractivity contribution is -0.136. The first-order valence-corrected chi connectivity index (χ1v) is 12.3. The number of benzene rings is 1. The minimum Gasteiger partial charge on any atom is -0.348 e. The van der Waals surface area contributed by atoms with Gasteiger partial charge in [0.05, 0.1) is 0 Å². The van der Waals surface area contributed by atoms with Gasteiger partial charge in [-0.1, -0.05) is 24.6 Å². The Labute approximate surface area is 181 Å². The van der Waals surface area contributed by atoms with Crippen LogP contribution in [0.2, 0.25) is 0 Å². The number of rotatable bonds is 6. The fourth-order valence-electron chi connectivity index (χ4n) is 3.59. The van der Waals surface area contributed by atoms with Crippen LogP contribution in [0.5, 0.6) is 0 Å². The second-order valence-electron chi connectivity index (χ2n) is 7.51. The Morgan fingerprint density at radius 3 is 2.70 bits per heavy atom. The molecule has 0 bridgehead atoms. The third kappa shape index (κ3) is 5.27. The van der Waals surface area contributed by atoms with E-state index in [0.29, 0.717) is 22.9 Å². The summed E-state index contributed by atoms with van der Waals surface area (Å²) < 4.78 is 27.7. The molecule has 162 valence electrons. The van der Waals surface area contributed by atoms with Crippen molar-refractivity contribution in [3.05, 3.63) is 46.8 Å². The van der Waals surface area contributed by atoms with Gasteiger partial charge < -0.3 is 10.6 Å². The minimum atomic E-state index is -3.52. The van der Waals surface area contributed by atoms with E-state index < -0.39 is 21.8 Å². The zero-order chi connectivity index (χ0) is 21.7. The molecule has 9 heteroatoms. The van der Waals surface area contributed by atoms with Crippen LogP contribution in [0.3, 0.4) is 0 Å². The van der Waals surface area contributed by atoms with Gasteiger partial charge in [0, 0.05) is 24.8 Å². The van der Waals surface area contributed by atoms with Crippen LogP contribution in [0.4, 0.5) is 5.69 Å². The van der Waals surface area contributed by atoms with Crippen LogP contribution < -0.4 is 10.6 Å². The van der Waals surface area contributed by atoms with Gasteiger partial charge in [-0.15, -0.1) is 11.3 Å². The molecule has 3 rings (SSSR count). The Hall–Kier alpha value is -2.23. The van der Waals surface area contributed by atoms with Crippen LogP contribution in [0.25, 0.3) is 0 Å². The normalized spacial score (nSPS) is 17.5. The Bertz CT molecular complexity index is 1000. The van der Waals surface area contributed by atoms with Gasteiger partial charge in [-0.25, -0.2) is 8.42 Å². The van der Waals surface area contributed by atoms with E-state index in [1.165, 1.54) is 11.3 Å². The topological polar surface area (TPSA) is 95.6 Å². The van der Waals surface area contributed by atoms with E-state index in [2.05, 4.69) is 10.6 Å². The molecule has 30 heavy (non-hydrogen) atoms. The van der Waals surface area contributed by atoms with Crippen LogP contribution in [-0.4, -0.2) is 43.7 Å². The van der Waals surface area contributed by atoms with Gasteiger partial charge in [-0.3, -0.25) is 9.59 Å². The summed E-state index contributed by atoms with van der Waals surface area (Å²) in [5, 5.41) is 7.01. The molecule has 7 nitrogen and oxygen atoms in total. The second-order valence-corrected chi connectivity index (χ2v) is 10.6. The summed E-state index contributed by atoms with van der Waals surface area (Å²) in [6, 6.07) is 8.79. The number of hydrogen-bond donors (Lipinski definition) is 2. The van der Waals surface area contributed by atoms with E-state index in [1.54, 1.807) is 21.8 Å². The highest BCUT2D eigenvalue weighted by Crippen LogP contribution is 2.29. The Morgan fingerprint density at radius 1 is 1.17 bits per heavy atom. The lowest BCUT2D eigenvalue weighted by Gasteiger charge is -2.34. The molecule has 1 aliphatic rings. The van der Waals surface area contributed by atoms with Crippen molar-refractivity contribution in [2.24, 2.45) is 0 Å². The molecular formula is C21H27N3O4S2. The highest BCUT2D eigenvalue weighted by molar-refractivity contribution is 7.91. The average molecular weight is 450 g/mol. The van der Waals surface area contributed by atoms with E-state index >= 15 is 0 Å². The molecule has 1 aromatic carbocycles. The first-order valence-electron chi connectivity index (χ1n) is 10.0. The molecule has 2 N–H and O–H groups in total. The summed E-state index contributed by atoms with van der Waals surface area (Å²) in [6.45, 7) is 4.49. The van der Waals surface area contributed by atoms with Crippen molar-refractivity contribution in [2.45, 2.75) is 49.8 Å². The molecule has 0 spiro atoms. The molecule has 1 aromatic heterocycles. The van der Waals surface area contributed by atoms with Crippen molar-refractivity contribution in [1.82, 2.24) is 9.62 Å². The number of hydrogen-bond acceptors (Lipinski definition) is 5. The van der Waals surface area contributed by atoms with E-state index in [-0.39, 0.29) is 12.6 Å². The van der Waals surface area contributed by atoms with Crippen LogP contribution in [0.15, 0.2) is 39.9 Å². The molecule has 1 aliphatic heterocycles. The second kappa shape index (κ2) is 9.72. The lowest BCUT2D eigenvalue weighted by atomic mass is 10.0. The summed E-state index contributed by atoms with van der Waals surface area (Å²) in [6.07, 6.45) is 2.98. The van der Waals surface area contributed by atoms with Gasteiger partial charge in [0.15, 0.2) is 0 Å². The number of anilines is 1. The number of carbonyl (C=O) groups excluding carboxylic acids is 2. The van der Waals surface area contributed by atoms with Crippen molar-refractivity contribution < 1.29 is 18.0 Å². The molecular weight excluding hydrogens is 422 g/mol. The first kappa shape index (κ1) is 22.5. The van der Waals surface area contributed by atoms with E-state index in [1.807, 2.05) is 32.0 Å². The van der Waals surface area contributed by atoms with E-state index in [9.17, 15) is 18.0 Å². The summed E-state index contributed by atoms with van der Waals surface area (Å²) in [5.74, 6) is -1.45. The molecule has 2 heterocycles. The number of piperidine rings is 1. The smallest absolute Gasteiger partial charge is 0.313 e. The molecule has 1 saturated heterocycles. The third-order valence-corrected chi connectivity index (χ3v) is 8.57. The fraction of sp³-hybridized carbons (Fsp3) is 0.429. The summed E-state index contributed by atoms with van der Waals surface area (Å²) >= 11 is 1.21. The number of carbonyl (C=O) groups is 2. The number of nitrogens with one attached hydrogen (secondary N) is 2. The Morgan fingerprint density at radius 2 is 1.97 bits per heavy atom. The Balaban J connectivity index is 1.56. The fourth-order valence-corrected chi connectivity index (χ4v) is 6.43. The molecule has 0 aliphatic carbocycles. The summed E-state index contributed by atoms with van der Waals surface area (Å²) in [4.78, 5) is 24.4. The predicted octanol–water partition coefficient (Wildman–Crippen LogP) is 3.05. The monoisotopic (exact) mass is 449 g/mol. The van der Waals surface area contributed by atoms with Crippen LogP contribution in [-0.2, 0) is 19.6 Å². The van der Waals surface area contributed by atoms with Gasteiger partial charge in [-0.05, 0) is 61.7 Å². The van der Waals surface area contributed by atoms with Gasteiger partial charge in [0.25, 0.3) is 10.0 Å². The maximum atomic E-state index is 12.9. The van der Waals surface area contributed by atoms with Crippen molar-refractivity contribution in [2.75, 3.05) is 18.4 Å².